The molecule has 176 valence electrons. The first-order valence-corrected chi connectivity index (χ1v) is 10.9. The van der Waals surface area contributed by atoms with Crippen molar-refractivity contribution in [2.45, 2.75) is 19.1 Å². The summed E-state index contributed by atoms with van der Waals surface area (Å²) in [5.74, 6) is -1.14. The lowest BCUT2D eigenvalue weighted by Crippen LogP contribution is -2.37. The van der Waals surface area contributed by atoms with Crippen LogP contribution in [0.1, 0.15) is 39.4 Å². The van der Waals surface area contributed by atoms with E-state index < -0.39 is 29.9 Å². The molecule has 0 saturated carbocycles. The minimum Gasteiger partial charge on any atom is -0.445 e. The van der Waals surface area contributed by atoms with Crippen molar-refractivity contribution in [3.63, 3.8) is 0 Å². The number of rotatable bonds is 8. The molecule has 0 saturated heterocycles. The SMILES string of the molecule is Cc1cc(NC(=O)[C@H](OC(=O)[C@@H](NC(=O)c2ccccc2)c2ccccc2)c2ccccc2)no1. The van der Waals surface area contributed by atoms with Crippen molar-refractivity contribution < 1.29 is 23.6 Å². The maximum atomic E-state index is 13.4. The molecule has 2 amide bonds. The van der Waals surface area contributed by atoms with Gasteiger partial charge in [0.05, 0.1) is 0 Å². The van der Waals surface area contributed by atoms with E-state index in [1.54, 1.807) is 104 Å². The summed E-state index contributed by atoms with van der Waals surface area (Å²) in [6.45, 7) is 1.69. The Morgan fingerprint density at radius 3 is 1.97 bits per heavy atom. The van der Waals surface area contributed by atoms with Crippen molar-refractivity contribution in [3.8, 4) is 0 Å². The van der Waals surface area contributed by atoms with Crippen LogP contribution in [0.25, 0.3) is 0 Å². The Morgan fingerprint density at radius 1 is 0.829 bits per heavy atom. The van der Waals surface area contributed by atoms with Crippen LogP contribution in [0.15, 0.2) is 102 Å². The quantitative estimate of drug-likeness (QED) is 0.371. The zero-order valence-electron chi connectivity index (χ0n) is 18.9. The molecular weight excluding hydrogens is 446 g/mol. The van der Waals surface area contributed by atoms with E-state index in [0.717, 1.165) is 0 Å². The van der Waals surface area contributed by atoms with Crippen molar-refractivity contribution in [3.05, 3.63) is 120 Å². The van der Waals surface area contributed by atoms with Crippen LogP contribution in [-0.2, 0) is 14.3 Å². The molecule has 8 nitrogen and oxygen atoms in total. The van der Waals surface area contributed by atoms with Crippen molar-refractivity contribution in [2.24, 2.45) is 0 Å². The minimum atomic E-state index is -1.29. The number of benzene rings is 3. The largest absolute Gasteiger partial charge is 0.445 e. The highest BCUT2D eigenvalue weighted by atomic mass is 16.5. The first kappa shape index (κ1) is 23.4. The zero-order valence-corrected chi connectivity index (χ0v) is 18.9. The molecule has 0 spiro atoms. The van der Waals surface area contributed by atoms with Crippen LogP contribution in [0.5, 0.6) is 0 Å². The summed E-state index contributed by atoms with van der Waals surface area (Å²) in [5, 5.41) is 9.09. The molecule has 0 aliphatic rings. The van der Waals surface area contributed by atoms with Gasteiger partial charge < -0.3 is 19.9 Å². The fourth-order valence-electron chi connectivity index (χ4n) is 3.43. The lowest BCUT2D eigenvalue weighted by molar-refractivity contribution is -0.156. The number of amides is 2. The van der Waals surface area contributed by atoms with Crippen molar-refractivity contribution in [1.29, 1.82) is 0 Å². The second kappa shape index (κ2) is 10.9. The molecular formula is C27H23N3O5. The molecule has 4 rings (SSSR count). The Kier molecular flexibility index (Phi) is 7.32. The highest BCUT2D eigenvalue weighted by molar-refractivity contribution is 5.98. The Balaban J connectivity index is 1.60. The average Bonchev–Trinajstić information content (AvgIpc) is 3.31. The summed E-state index contributed by atoms with van der Waals surface area (Å²) in [6.07, 6.45) is -1.29. The van der Waals surface area contributed by atoms with E-state index in [4.69, 9.17) is 9.26 Å². The third kappa shape index (κ3) is 6.00. The van der Waals surface area contributed by atoms with E-state index in [1.807, 2.05) is 0 Å². The molecule has 1 aromatic heterocycles. The fourth-order valence-corrected chi connectivity index (χ4v) is 3.43. The van der Waals surface area contributed by atoms with Gasteiger partial charge >= 0.3 is 5.97 Å². The van der Waals surface area contributed by atoms with Crippen LogP contribution < -0.4 is 10.6 Å². The van der Waals surface area contributed by atoms with E-state index in [1.165, 1.54) is 0 Å². The summed E-state index contributed by atoms with van der Waals surface area (Å²) in [7, 11) is 0. The van der Waals surface area contributed by atoms with Gasteiger partial charge in [0.15, 0.2) is 11.9 Å². The number of aryl methyl sites for hydroxylation is 1. The number of carbonyl (C=O) groups excluding carboxylic acids is 3. The number of nitrogens with zero attached hydrogens (tertiary/aromatic N) is 1. The van der Waals surface area contributed by atoms with E-state index in [9.17, 15) is 14.4 Å². The normalized spacial score (nSPS) is 12.3. The number of hydrogen-bond acceptors (Lipinski definition) is 6. The Morgan fingerprint density at radius 2 is 1.40 bits per heavy atom. The van der Waals surface area contributed by atoms with Crippen LogP contribution in [0, 0.1) is 6.92 Å². The van der Waals surface area contributed by atoms with Gasteiger partial charge in [-0.25, -0.2) is 4.79 Å². The second-order valence-electron chi connectivity index (χ2n) is 7.72. The minimum absolute atomic E-state index is 0.196. The van der Waals surface area contributed by atoms with Gasteiger partial charge in [-0.1, -0.05) is 84.0 Å². The number of esters is 1. The maximum Gasteiger partial charge on any atom is 0.334 e. The maximum absolute atomic E-state index is 13.4. The summed E-state index contributed by atoms with van der Waals surface area (Å²) in [4.78, 5) is 39.4. The molecule has 2 N–H and O–H groups in total. The molecule has 0 radical (unpaired) electrons. The predicted octanol–water partition coefficient (Wildman–Crippen LogP) is 4.38. The van der Waals surface area contributed by atoms with Gasteiger partial charge in [-0.05, 0) is 24.6 Å². The number of carbonyl (C=O) groups is 3. The van der Waals surface area contributed by atoms with Gasteiger partial charge in [-0.2, -0.15) is 0 Å². The van der Waals surface area contributed by atoms with Gasteiger partial charge in [0.25, 0.3) is 11.8 Å². The summed E-state index contributed by atoms with van der Waals surface area (Å²) < 4.78 is 10.7. The van der Waals surface area contributed by atoms with Crippen LogP contribution >= 0.6 is 0 Å². The molecule has 3 aromatic carbocycles. The van der Waals surface area contributed by atoms with Crippen LogP contribution in [-0.4, -0.2) is 22.9 Å². The van der Waals surface area contributed by atoms with Crippen LogP contribution in [0.2, 0.25) is 0 Å². The molecule has 0 aliphatic heterocycles. The van der Waals surface area contributed by atoms with Gasteiger partial charge in [0, 0.05) is 17.2 Å². The van der Waals surface area contributed by atoms with Gasteiger partial charge in [-0.3, -0.25) is 9.59 Å². The number of nitrogens with one attached hydrogen (secondary N) is 2. The molecule has 8 heteroatoms. The van der Waals surface area contributed by atoms with Gasteiger partial charge in [-0.15, -0.1) is 0 Å². The molecule has 0 fully saturated rings. The molecule has 0 bridgehead atoms. The second-order valence-corrected chi connectivity index (χ2v) is 7.72. The lowest BCUT2D eigenvalue weighted by atomic mass is 10.1. The third-order valence-corrected chi connectivity index (χ3v) is 5.13. The molecule has 1 heterocycles. The summed E-state index contributed by atoms with van der Waals surface area (Å²) >= 11 is 0. The number of hydrogen-bond donors (Lipinski definition) is 2. The van der Waals surface area contributed by atoms with Crippen molar-refractivity contribution >= 4 is 23.6 Å². The van der Waals surface area contributed by atoms with Crippen molar-refractivity contribution in [2.75, 3.05) is 5.32 Å². The van der Waals surface area contributed by atoms with Crippen LogP contribution in [0.4, 0.5) is 5.82 Å². The highest BCUT2D eigenvalue weighted by Crippen LogP contribution is 2.24. The van der Waals surface area contributed by atoms with Crippen LogP contribution in [0.3, 0.4) is 0 Å². The number of aromatic nitrogens is 1. The topological polar surface area (TPSA) is 111 Å². The first-order chi connectivity index (χ1) is 17.0. The standard InChI is InChI=1S/C27H23N3O5/c1-18-17-22(30-35-18)28-26(32)24(20-13-7-3-8-14-20)34-27(33)23(19-11-5-2-6-12-19)29-25(31)21-15-9-4-10-16-21/h2-17,23-24H,1H3,(H,29,31)(H,28,30,32)/t23-,24+/m0/s1. The summed E-state index contributed by atoms with van der Waals surface area (Å²) in [5.41, 5.74) is 1.36. The summed E-state index contributed by atoms with van der Waals surface area (Å²) in [6, 6.07) is 26.2. The average molecular weight is 469 g/mol. The Bertz CT molecular complexity index is 1290. The smallest absolute Gasteiger partial charge is 0.334 e. The van der Waals surface area contributed by atoms with E-state index in [2.05, 4.69) is 15.8 Å². The third-order valence-electron chi connectivity index (χ3n) is 5.13. The molecule has 2 atom stereocenters. The Hall–Kier alpha value is -4.72. The van der Waals surface area contributed by atoms with E-state index >= 15 is 0 Å². The van der Waals surface area contributed by atoms with Crippen molar-refractivity contribution in [1.82, 2.24) is 10.5 Å². The molecule has 35 heavy (non-hydrogen) atoms. The lowest BCUT2D eigenvalue weighted by Gasteiger charge is -2.22. The number of anilines is 1. The fraction of sp³-hybridized carbons (Fsp3) is 0.111. The predicted molar refractivity (Wildman–Crippen MR) is 128 cm³/mol. The highest BCUT2D eigenvalue weighted by Gasteiger charge is 2.31. The van der Waals surface area contributed by atoms with Gasteiger partial charge in [0.2, 0.25) is 6.10 Å². The number of ether oxygens (including phenoxy) is 1. The molecule has 0 unspecified atom stereocenters. The Labute approximate surface area is 201 Å². The monoisotopic (exact) mass is 469 g/mol. The van der Waals surface area contributed by atoms with E-state index in [-0.39, 0.29) is 5.82 Å². The zero-order chi connectivity index (χ0) is 24.6. The van der Waals surface area contributed by atoms with Gasteiger partial charge in [0.1, 0.15) is 5.76 Å². The van der Waals surface area contributed by atoms with E-state index in [0.29, 0.717) is 22.5 Å². The first-order valence-electron chi connectivity index (χ1n) is 10.9. The molecule has 0 aliphatic carbocycles. The molecule has 4 aromatic rings.